The lowest BCUT2D eigenvalue weighted by atomic mass is 10.0. The molecule has 0 aliphatic carbocycles. The van der Waals surface area contributed by atoms with Crippen molar-refractivity contribution in [2.24, 2.45) is 12.8 Å². The number of aryl methyl sites for hydroxylation is 1. The summed E-state index contributed by atoms with van der Waals surface area (Å²) in [6.45, 7) is 1.09. The average Bonchev–Trinajstić information content (AvgIpc) is 2.78. The van der Waals surface area contributed by atoms with Gasteiger partial charge in [-0.1, -0.05) is 6.42 Å². The molecule has 18 heavy (non-hydrogen) atoms. The first kappa shape index (κ1) is 13.5. The molecule has 6 nitrogen and oxygen atoms in total. The van der Waals surface area contributed by atoms with E-state index in [0.717, 1.165) is 19.3 Å². The van der Waals surface area contributed by atoms with E-state index in [1.54, 1.807) is 22.1 Å². The molecule has 1 fully saturated rings. The molecule has 7 heteroatoms. The summed E-state index contributed by atoms with van der Waals surface area (Å²) in [5, 5.41) is 0.133. The third kappa shape index (κ3) is 2.57. The zero-order chi connectivity index (χ0) is 13.2. The smallest absolute Gasteiger partial charge is 0.262 e. The first-order chi connectivity index (χ1) is 8.55. The highest BCUT2D eigenvalue weighted by molar-refractivity contribution is 7.89. The zero-order valence-corrected chi connectivity index (χ0v) is 11.4. The Morgan fingerprint density at radius 1 is 1.50 bits per heavy atom. The molecule has 0 saturated carbocycles. The third-order valence-electron chi connectivity index (χ3n) is 3.33. The van der Waals surface area contributed by atoms with Crippen molar-refractivity contribution >= 4 is 10.0 Å². The van der Waals surface area contributed by atoms with Gasteiger partial charge in [0.15, 0.2) is 5.03 Å². The molecule has 1 saturated heterocycles. The van der Waals surface area contributed by atoms with E-state index in [-0.39, 0.29) is 11.1 Å². The Hall–Kier alpha value is -0.920. The first-order valence-electron chi connectivity index (χ1n) is 6.25. The first-order valence-corrected chi connectivity index (χ1v) is 7.69. The van der Waals surface area contributed by atoms with Crippen LogP contribution in [0.5, 0.6) is 0 Å². The molecule has 2 heterocycles. The number of piperidine rings is 1. The predicted molar refractivity (Wildman–Crippen MR) is 68.4 cm³/mol. The standard InChI is InChI=1S/C11H20N4O2S/c1-14-8-11(13-9-14)18(16,17)15-7-3-2-4-10(15)5-6-12/h8-10H,2-7,12H2,1H3. The predicted octanol–water partition coefficient (Wildman–Crippen LogP) is 0.312. The molecule has 1 unspecified atom stereocenters. The minimum atomic E-state index is -3.47. The van der Waals surface area contributed by atoms with Crippen LogP contribution < -0.4 is 5.73 Å². The normalized spacial score (nSPS) is 22.2. The molecule has 102 valence electrons. The minimum absolute atomic E-state index is 0.0238. The largest absolute Gasteiger partial charge is 0.339 e. The SMILES string of the molecule is Cn1cnc(S(=O)(=O)N2CCCCC2CCN)c1. The number of imidazole rings is 1. The summed E-state index contributed by atoms with van der Waals surface area (Å²) in [6, 6.07) is 0.0238. The van der Waals surface area contributed by atoms with Crippen molar-refractivity contribution in [2.75, 3.05) is 13.1 Å². The molecule has 2 N–H and O–H groups in total. The molecule has 0 amide bonds. The van der Waals surface area contributed by atoms with Crippen LogP contribution in [-0.4, -0.2) is 41.4 Å². The molecule has 0 bridgehead atoms. The number of nitrogens with zero attached hydrogens (tertiary/aromatic N) is 3. The van der Waals surface area contributed by atoms with Crippen molar-refractivity contribution in [3.05, 3.63) is 12.5 Å². The monoisotopic (exact) mass is 272 g/mol. The molecule has 0 radical (unpaired) electrons. The summed E-state index contributed by atoms with van der Waals surface area (Å²) in [5.74, 6) is 0. The second-order valence-corrected chi connectivity index (χ2v) is 6.56. The Morgan fingerprint density at radius 3 is 2.89 bits per heavy atom. The molecular weight excluding hydrogens is 252 g/mol. The fourth-order valence-corrected chi connectivity index (χ4v) is 4.11. The fraction of sp³-hybridized carbons (Fsp3) is 0.727. The van der Waals surface area contributed by atoms with Gasteiger partial charge < -0.3 is 10.3 Å². The van der Waals surface area contributed by atoms with Crippen LogP contribution in [0.2, 0.25) is 0 Å². The second kappa shape index (κ2) is 5.38. The summed E-state index contributed by atoms with van der Waals surface area (Å²) in [5.41, 5.74) is 5.57. The summed E-state index contributed by atoms with van der Waals surface area (Å²) < 4.78 is 28.2. The van der Waals surface area contributed by atoms with Gasteiger partial charge in [0.2, 0.25) is 0 Å². The van der Waals surface area contributed by atoms with Crippen LogP contribution in [0.4, 0.5) is 0 Å². The van der Waals surface area contributed by atoms with Gasteiger partial charge in [0.25, 0.3) is 10.0 Å². The Kier molecular flexibility index (Phi) is 4.04. The van der Waals surface area contributed by atoms with E-state index in [2.05, 4.69) is 4.98 Å². The summed E-state index contributed by atoms with van der Waals surface area (Å²) in [4.78, 5) is 3.96. The van der Waals surface area contributed by atoms with Gasteiger partial charge in [-0.05, 0) is 25.8 Å². The van der Waals surface area contributed by atoms with Gasteiger partial charge in [-0.3, -0.25) is 0 Å². The Bertz CT molecular complexity index is 495. The van der Waals surface area contributed by atoms with Crippen LogP contribution >= 0.6 is 0 Å². The number of hydrogen-bond donors (Lipinski definition) is 1. The van der Waals surface area contributed by atoms with Gasteiger partial charge >= 0.3 is 0 Å². The van der Waals surface area contributed by atoms with Crippen molar-refractivity contribution in [3.8, 4) is 0 Å². The zero-order valence-electron chi connectivity index (χ0n) is 10.6. The van der Waals surface area contributed by atoms with Crippen LogP contribution in [0.3, 0.4) is 0 Å². The number of aromatic nitrogens is 2. The third-order valence-corrected chi connectivity index (χ3v) is 5.16. The van der Waals surface area contributed by atoms with Crippen molar-refractivity contribution in [2.45, 2.75) is 36.8 Å². The highest BCUT2D eigenvalue weighted by atomic mass is 32.2. The summed E-state index contributed by atoms with van der Waals surface area (Å²) >= 11 is 0. The quantitative estimate of drug-likeness (QED) is 0.855. The lowest BCUT2D eigenvalue weighted by molar-refractivity contribution is 0.242. The number of rotatable bonds is 4. The van der Waals surface area contributed by atoms with Gasteiger partial charge in [-0.2, -0.15) is 4.31 Å². The molecule has 1 aromatic rings. The van der Waals surface area contributed by atoms with Crippen molar-refractivity contribution in [1.82, 2.24) is 13.9 Å². The highest BCUT2D eigenvalue weighted by Gasteiger charge is 2.34. The van der Waals surface area contributed by atoms with Crippen molar-refractivity contribution in [3.63, 3.8) is 0 Å². The topological polar surface area (TPSA) is 81.2 Å². The molecule has 2 rings (SSSR count). The van der Waals surface area contributed by atoms with Gasteiger partial charge in [-0.25, -0.2) is 13.4 Å². The van der Waals surface area contributed by atoms with Gasteiger partial charge in [0.05, 0.1) is 6.33 Å². The fourth-order valence-electron chi connectivity index (χ4n) is 2.41. The number of hydrogen-bond acceptors (Lipinski definition) is 4. The van der Waals surface area contributed by atoms with E-state index in [4.69, 9.17) is 5.73 Å². The maximum absolute atomic E-state index is 12.5. The van der Waals surface area contributed by atoms with Gasteiger partial charge in [0, 0.05) is 25.8 Å². The lowest BCUT2D eigenvalue weighted by Gasteiger charge is -2.33. The highest BCUT2D eigenvalue weighted by Crippen LogP contribution is 2.25. The maximum atomic E-state index is 12.5. The molecular formula is C11H20N4O2S. The van der Waals surface area contributed by atoms with Crippen LogP contribution in [0.25, 0.3) is 0 Å². The van der Waals surface area contributed by atoms with E-state index < -0.39 is 10.0 Å². The van der Waals surface area contributed by atoms with E-state index in [1.807, 2.05) is 0 Å². The van der Waals surface area contributed by atoms with Crippen LogP contribution in [0.1, 0.15) is 25.7 Å². The van der Waals surface area contributed by atoms with E-state index in [0.29, 0.717) is 19.5 Å². The number of nitrogens with two attached hydrogens (primary N) is 1. The minimum Gasteiger partial charge on any atom is -0.339 e. The average molecular weight is 272 g/mol. The van der Waals surface area contributed by atoms with Gasteiger partial charge in [0.1, 0.15) is 0 Å². The molecule has 1 atom stereocenters. The van der Waals surface area contributed by atoms with Crippen molar-refractivity contribution < 1.29 is 8.42 Å². The van der Waals surface area contributed by atoms with Crippen LogP contribution in [-0.2, 0) is 17.1 Å². The molecule has 1 aliphatic heterocycles. The molecule has 0 spiro atoms. The van der Waals surface area contributed by atoms with Crippen LogP contribution in [0.15, 0.2) is 17.6 Å². The maximum Gasteiger partial charge on any atom is 0.262 e. The van der Waals surface area contributed by atoms with E-state index in [1.165, 1.54) is 6.33 Å². The van der Waals surface area contributed by atoms with Crippen molar-refractivity contribution in [1.29, 1.82) is 0 Å². The lowest BCUT2D eigenvalue weighted by Crippen LogP contribution is -2.44. The van der Waals surface area contributed by atoms with E-state index >= 15 is 0 Å². The summed E-state index contributed by atoms with van der Waals surface area (Å²) in [7, 11) is -1.70. The molecule has 1 aliphatic rings. The molecule has 0 aromatic carbocycles. The Morgan fingerprint density at radius 2 is 2.28 bits per heavy atom. The number of sulfonamides is 1. The van der Waals surface area contributed by atoms with E-state index in [9.17, 15) is 8.42 Å². The Labute approximate surface area is 108 Å². The second-order valence-electron chi connectivity index (χ2n) is 4.72. The van der Waals surface area contributed by atoms with Crippen LogP contribution in [0, 0.1) is 0 Å². The Balaban J connectivity index is 2.27. The molecule has 1 aromatic heterocycles. The van der Waals surface area contributed by atoms with Gasteiger partial charge in [-0.15, -0.1) is 0 Å². The summed E-state index contributed by atoms with van der Waals surface area (Å²) in [6.07, 6.45) is 6.64.